The van der Waals surface area contributed by atoms with Crippen LogP contribution in [0.1, 0.15) is 32.1 Å². The molecule has 0 bridgehead atoms. The van der Waals surface area contributed by atoms with Gasteiger partial charge in [-0.1, -0.05) is 19.3 Å². The van der Waals surface area contributed by atoms with Crippen LogP contribution in [0.25, 0.3) is 0 Å². The molecule has 5 heteroatoms. The number of rotatable bonds is 5. The predicted molar refractivity (Wildman–Crippen MR) is 50.8 cm³/mol. The topological polar surface area (TPSA) is 78.5 Å². The van der Waals surface area contributed by atoms with Crippen molar-refractivity contribution < 1.29 is 19.4 Å². The first-order valence-electron chi connectivity index (χ1n) is 5.25. The van der Waals surface area contributed by atoms with Crippen molar-refractivity contribution in [2.24, 2.45) is 0 Å². The maximum Gasteiger partial charge on any atom is 0.246 e. The largest absolute Gasteiger partial charge is 0.548 e. The van der Waals surface area contributed by atoms with Gasteiger partial charge < -0.3 is 20.0 Å². The molecule has 1 rings (SSSR count). The highest BCUT2D eigenvalue weighted by Crippen LogP contribution is 2.17. The Labute approximate surface area is 88.8 Å². The summed E-state index contributed by atoms with van der Waals surface area (Å²) >= 11 is 0. The van der Waals surface area contributed by atoms with Gasteiger partial charge in [0, 0.05) is 6.04 Å². The van der Waals surface area contributed by atoms with Crippen LogP contribution in [0.15, 0.2) is 0 Å². The summed E-state index contributed by atoms with van der Waals surface area (Å²) in [4.78, 5) is 21.2. The van der Waals surface area contributed by atoms with E-state index in [0.29, 0.717) is 0 Å². The Morgan fingerprint density at radius 3 is 2.47 bits per heavy atom. The van der Waals surface area contributed by atoms with E-state index in [-0.39, 0.29) is 18.6 Å². The van der Waals surface area contributed by atoms with Crippen molar-refractivity contribution >= 4 is 11.9 Å². The van der Waals surface area contributed by atoms with Crippen molar-refractivity contribution in [3.8, 4) is 0 Å². The number of nitrogens with one attached hydrogen (secondary N) is 1. The molecule has 0 unspecified atom stereocenters. The third-order valence-corrected chi connectivity index (χ3v) is 2.42. The number of carboxylic acids is 1. The van der Waals surface area contributed by atoms with Crippen LogP contribution in [0.5, 0.6) is 0 Å². The molecule has 0 aromatic heterocycles. The maximum absolute atomic E-state index is 11.2. The third kappa shape index (κ3) is 5.37. The molecule has 1 amide bonds. The van der Waals surface area contributed by atoms with E-state index in [2.05, 4.69) is 10.1 Å². The molecule has 15 heavy (non-hydrogen) atoms. The molecule has 1 aliphatic carbocycles. The lowest BCUT2D eigenvalue weighted by atomic mass is 9.95. The van der Waals surface area contributed by atoms with Crippen LogP contribution < -0.4 is 10.4 Å². The summed E-state index contributed by atoms with van der Waals surface area (Å²) in [6, 6.07) is 0.234. The Morgan fingerprint density at radius 2 is 1.87 bits per heavy atom. The second kappa shape index (κ2) is 6.40. The van der Waals surface area contributed by atoms with E-state index < -0.39 is 12.6 Å². The number of carbonyl (C=O) groups is 2. The summed E-state index contributed by atoms with van der Waals surface area (Å²) in [5, 5.41) is 12.8. The van der Waals surface area contributed by atoms with Gasteiger partial charge in [0.15, 0.2) is 0 Å². The summed E-state index contributed by atoms with van der Waals surface area (Å²) < 4.78 is 4.62. The lowest BCUT2D eigenvalue weighted by Gasteiger charge is -2.22. The van der Waals surface area contributed by atoms with E-state index in [9.17, 15) is 14.7 Å². The fraction of sp³-hybridized carbons (Fsp3) is 0.800. The van der Waals surface area contributed by atoms with Crippen LogP contribution >= 0.6 is 0 Å². The molecule has 0 atom stereocenters. The normalized spacial score (nSPS) is 17.3. The highest BCUT2D eigenvalue weighted by molar-refractivity contribution is 5.77. The van der Waals surface area contributed by atoms with Gasteiger partial charge in [0.2, 0.25) is 5.91 Å². The van der Waals surface area contributed by atoms with E-state index in [1.54, 1.807) is 0 Å². The van der Waals surface area contributed by atoms with Crippen LogP contribution in [-0.4, -0.2) is 31.1 Å². The zero-order valence-electron chi connectivity index (χ0n) is 8.66. The zero-order chi connectivity index (χ0) is 11.1. The zero-order valence-corrected chi connectivity index (χ0v) is 8.66. The summed E-state index contributed by atoms with van der Waals surface area (Å²) in [5.41, 5.74) is 0. The van der Waals surface area contributed by atoms with Crippen molar-refractivity contribution in [1.82, 2.24) is 5.32 Å². The van der Waals surface area contributed by atoms with E-state index in [4.69, 9.17) is 0 Å². The Kier molecular flexibility index (Phi) is 5.10. The predicted octanol–water partition coefficient (Wildman–Crippen LogP) is -0.798. The molecule has 1 fully saturated rings. The molecule has 0 saturated heterocycles. The van der Waals surface area contributed by atoms with Gasteiger partial charge in [0.1, 0.15) is 6.61 Å². The lowest BCUT2D eigenvalue weighted by molar-refractivity contribution is -0.309. The standard InChI is InChI=1S/C10H17NO4/c12-9(6-15-7-10(13)14)11-8-4-2-1-3-5-8/h8H,1-7H2,(H,11,12)(H,13,14)/p-1. The monoisotopic (exact) mass is 214 g/mol. The van der Waals surface area contributed by atoms with Crippen LogP contribution in [0.2, 0.25) is 0 Å². The maximum atomic E-state index is 11.2. The van der Waals surface area contributed by atoms with Crippen LogP contribution in [0, 0.1) is 0 Å². The molecule has 0 aliphatic heterocycles. The highest BCUT2D eigenvalue weighted by Gasteiger charge is 2.15. The second-order valence-electron chi connectivity index (χ2n) is 3.77. The average Bonchev–Trinajstić information content (AvgIpc) is 2.18. The van der Waals surface area contributed by atoms with Crippen molar-refractivity contribution in [3.63, 3.8) is 0 Å². The van der Waals surface area contributed by atoms with E-state index in [1.807, 2.05) is 0 Å². The molecular formula is C10H16NO4-. The fourth-order valence-electron chi connectivity index (χ4n) is 1.74. The van der Waals surface area contributed by atoms with Gasteiger partial charge in [-0.15, -0.1) is 0 Å². The Morgan fingerprint density at radius 1 is 1.20 bits per heavy atom. The Hall–Kier alpha value is -1.10. The van der Waals surface area contributed by atoms with Gasteiger partial charge in [-0.25, -0.2) is 0 Å². The van der Waals surface area contributed by atoms with Crippen LogP contribution in [0.3, 0.4) is 0 Å². The van der Waals surface area contributed by atoms with Crippen molar-refractivity contribution in [2.45, 2.75) is 38.1 Å². The summed E-state index contributed by atoms with van der Waals surface area (Å²) in [6.45, 7) is -0.734. The van der Waals surface area contributed by atoms with Crippen LogP contribution in [0.4, 0.5) is 0 Å². The molecule has 0 heterocycles. The van der Waals surface area contributed by atoms with Gasteiger partial charge in [-0.3, -0.25) is 4.79 Å². The smallest absolute Gasteiger partial charge is 0.246 e. The number of amides is 1. The number of carbonyl (C=O) groups excluding carboxylic acids is 2. The Balaban J connectivity index is 2.09. The van der Waals surface area contributed by atoms with Crippen molar-refractivity contribution in [2.75, 3.05) is 13.2 Å². The number of aliphatic carboxylic acids is 1. The molecule has 5 nitrogen and oxygen atoms in total. The molecule has 0 aromatic carbocycles. The number of ether oxygens (including phenoxy) is 1. The van der Waals surface area contributed by atoms with E-state index in [1.165, 1.54) is 6.42 Å². The minimum Gasteiger partial charge on any atom is -0.548 e. The molecular weight excluding hydrogens is 198 g/mol. The molecule has 0 radical (unpaired) electrons. The first kappa shape index (κ1) is 12.0. The Bertz CT molecular complexity index is 223. The molecule has 1 aliphatic rings. The highest BCUT2D eigenvalue weighted by atomic mass is 16.5. The molecule has 0 spiro atoms. The van der Waals surface area contributed by atoms with Crippen molar-refractivity contribution in [3.05, 3.63) is 0 Å². The quantitative estimate of drug-likeness (QED) is 0.650. The first-order valence-corrected chi connectivity index (χ1v) is 5.25. The number of hydrogen-bond donors (Lipinski definition) is 1. The van der Waals surface area contributed by atoms with Gasteiger partial charge in [0.25, 0.3) is 0 Å². The summed E-state index contributed by atoms with van der Waals surface area (Å²) in [7, 11) is 0. The van der Waals surface area contributed by atoms with Gasteiger partial charge in [-0.2, -0.15) is 0 Å². The van der Waals surface area contributed by atoms with Gasteiger partial charge >= 0.3 is 0 Å². The molecule has 86 valence electrons. The minimum atomic E-state index is -1.31. The third-order valence-electron chi connectivity index (χ3n) is 2.42. The lowest BCUT2D eigenvalue weighted by Crippen LogP contribution is -2.39. The summed E-state index contributed by atoms with van der Waals surface area (Å²) in [5.74, 6) is -1.55. The SMILES string of the molecule is O=C([O-])COCC(=O)NC1CCCCC1. The van der Waals surface area contributed by atoms with Gasteiger partial charge in [0.05, 0.1) is 12.6 Å². The minimum absolute atomic E-state index is 0.204. The first-order chi connectivity index (χ1) is 7.18. The molecule has 1 saturated carbocycles. The van der Waals surface area contributed by atoms with E-state index in [0.717, 1.165) is 25.7 Å². The molecule has 1 N–H and O–H groups in total. The second-order valence-corrected chi connectivity index (χ2v) is 3.77. The van der Waals surface area contributed by atoms with E-state index >= 15 is 0 Å². The molecule has 0 aromatic rings. The van der Waals surface area contributed by atoms with Crippen molar-refractivity contribution in [1.29, 1.82) is 0 Å². The number of carboxylic acid groups (broad SMARTS) is 1. The van der Waals surface area contributed by atoms with Crippen LogP contribution in [-0.2, 0) is 14.3 Å². The number of hydrogen-bond acceptors (Lipinski definition) is 4. The summed E-state index contributed by atoms with van der Waals surface area (Å²) in [6.07, 6.45) is 5.53. The van der Waals surface area contributed by atoms with Gasteiger partial charge in [-0.05, 0) is 12.8 Å². The average molecular weight is 214 g/mol. The fourth-order valence-corrected chi connectivity index (χ4v) is 1.74.